The lowest BCUT2D eigenvalue weighted by molar-refractivity contribution is 0.944. The van der Waals surface area contributed by atoms with E-state index in [4.69, 9.17) is 0 Å². The quantitative estimate of drug-likeness (QED) is 0.748. The minimum absolute atomic E-state index is 0. The van der Waals surface area contributed by atoms with Gasteiger partial charge in [-0.2, -0.15) is 0 Å². The minimum atomic E-state index is 0. The zero-order chi connectivity index (χ0) is 11.0. The largest absolute Gasteiger partial charge is 0.254 e. The molecule has 0 aliphatic heterocycles. The molecule has 0 saturated heterocycles. The number of rotatable bonds is 3. The fourth-order valence-corrected chi connectivity index (χ4v) is 2.68. The van der Waals surface area contributed by atoms with Gasteiger partial charge in [-0.05, 0) is 18.6 Å². The van der Waals surface area contributed by atoms with Crippen LogP contribution < -0.4 is 0 Å². The summed E-state index contributed by atoms with van der Waals surface area (Å²) in [6.45, 7) is 2.24. The molecule has 0 amide bonds. The summed E-state index contributed by atoms with van der Waals surface area (Å²) in [5, 5.41) is 1.02. The number of nitrogens with zero attached hydrogens (tertiary/aromatic N) is 2. The van der Waals surface area contributed by atoms with Gasteiger partial charge in [-0.1, -0.05) is 24.6 Å². The summed E-state index contributed by atoms with van der Waals surface area (Å²) in [5.41, 5.74) is 2.51. The lowest BCUT2D eigenvalue weighted by Gasteiger charge is -2.01. The molecular formula is C13H14N2S. The van der Waals surface area contributed by atoms with Crippen LogP contribution in [-0.2, 0) is 0 Å². The number of pyridine rings is 1. The molecule has 0 spiro atoms. The van der Waals surface area contributed by atoms with Crippen LogP contribution >= 0.6 is 11.3 Å². The Balaban J connectivity index is 0.00000108. The maximum Gasteiger partial charge on any atom is 0.142 e. The fraction of sp³-hybridized carbons (Fsp3) is 0.231. The Kier molecular flexibility index (Phi) is 2.33. The second kappa shape index (κ2) is 3.83. The molecule has 82 valence electrons. The molecule has 2 heterocycles. The highest BCUT2D eigenvalue weighted by atomic mass is 32.1. The van der Waals surface area contributed by atoms with E-state index in [1.165, 1.54) is 16.9 Å². The summed E-state index contributed by atoms with van der Waals surface area (Å²) in [5.74, 6) is 0.537. The number of allylic oxidation sites excluding steroid dienone is 2. The maximum absolute atomic E-state index is 4.45. The second-order valence-electron chi connectivity index (χ2n) is 3.99. The zero-order valence-electron chi connectivity index (χ0n) is 9.05. The van der Waals surface area contributed by atoms with Crippen LogP contribution in [0.15, 0.2) is 42.2 Å². The lowest BCUT2D eigenvalue weighted by Crippen LogP contribution is -1.84. The van der Waals surface area contributed by atoms with Crippen LogP contribution in [0.25, 0.3) is 10.7 Å². The van der Waals surface area contributed by atoms with Crippen molar-refractivity contribution >= 4 is 11.3 Å². The maximum atomic E-state index is 4.45. The van der Waals surface area contributed by atoms with Gasteiger partial charge in [0.1, 0.15) is 5.01 Å². The average molecular weight is 230 g/mol. The van der Waals surface area contributed by atoms with Gasteiger partial charge < -0.3 is 0 Å². The van der Waals surface area contributed by atoms with Gasteiger partial charge in [-0.25, -0.2) is 4.98 Å². The molecule has 0 radical (unpaired) electrons. The van der Waals surface area contributed by atoms with Crippen molar-refractivity contribution in [3.05, 3.63) is 47.1 Å². The van der Waals surface area contributed by atoms with Crippen molar-refractivity contribution in [2.24, 2.45) is 0 Å². The molecule has 2 aromatic heterocycles. The van der Waals surface area contributed by atoms with Crippen molar-refractivity contribution in [2.75, 3.05) is 0 Å². The minimum Gasteiger partial charge on any atom is -0.254 e. The van der Waals surface area contributed by atoms with E-state index in [1.54, 1.807) is 11.3 Å². The normalized spacial score (nSPS) is 15.7. The van der Waals surface area contributed by atoms with Gasteiger partial charge in [0.25, 0.3) is 0 Å². The SMILES string of the molecule is CC(C1=CC1)c1cnc(-c2ccccn2)s1.[HH]. The van der Waals surface area contributed by atoms with Crippen molar-refractivity contribution in [3.63, 3.8) is 0 Å². The van der Waals surface area contributed by atoms with Crippen LogP contribution in [0.1, 0.15) is 25.6 Å². The highest BCUT2D eigenvalue weighted by Crippen LogP contribution is 2.38. The van der Waals surface area contributed by atoms with Crippen molar-refractivity contribution < 1.29 is 1.43 Å². The molecule has 1 atom stereocenters. The fourth-order valence-electron chi connectivity index (χ4n) is 1.69. The number of aromatic nitrogens is 2. The van der Waals surface area contributed by atoms with Crippen molar-refractivity contribution in [2.45, 2.75) is 19.3 Å². The smallest absolute Gasteiger partial charge is 0.142 e. The molecule has 3 heteroatoms. The second-order valence-corrected chi connectivity index (χ2v) is 5.05. The molecule has 0 fully saturated rings. The summed E-state index contributed by atoms with van der Waals surface area (Å²) in [6, 6.07) is 5.93. The lowest BCUT2D eigenvalue weighted by atomic mass is 10.1. The Labute approximate surface area is 100 Å². The Hall–Kier alpha value is -1.48. The van der Waals surface area contributed by atoms with Crippen LogP contribution in [0.3, 0.4) is 0 Å². The summed E-state index contributed by atoms with van der Waals surface area (Å²) >= 11 is 1.75. The van der Waals surface area contributed by atoms with E-state index in [-0.39, 0.29) is 1.43 Å². The summed E-state index contributed by atoms with van der Waals surface area (Å²) < 4.78 is 0. The van der Waals surface area contributed by atoms with Crippen LogP contribution in [0, 0.1) is 0 Å². The van der Waals surface area contributed by atoms with Gasteiger partial charge in [0.15, 0.2) is 0 Å². The number of hydrogen-bond donors (Lipinski definition) is 0. The zero-order valence-corrected chi connectivity index (χ0v) is 9.87. The molecule has 0 aromatic carbocycles. The molecule has 1 aliphatic rings. The number of thiazole rings is 1. The first-order valence-electron chi connectivity index (χ1n) is 5.40. The van der Waals surface area contributed by atoms with Gasteiger partial charge in [0.2, 0.25) is 0 Å². The first-order chi connectivity index (χ1) is 7.84. The van der Waals surface area contributed by atoms with Crippen LogP contribution in [-0.4, -0.2) is 9.97 Å². The molecule has 1 unspecified atom stereocenters. The third-order valence-corrected chi connectivity index (χ3v) is 4.03. The third-order valence-electron chi connectivity index (χ3n) is 2.83. The van der Waals surface area contributed by atoms with Crippen molar-refractivity contribution in [1.82, 2.24) is 9.97 Å². The van der Waals surface area contributed by atoms with Crippen LogP contribution in [0.4, 0.5) is 0 Å². The summed E-state index contributed by atoms with van der Waals surface area (Å²) in [7, 11) is 0. The van der Waals surface area contributed by atoms with Crippen molar-refractivity contribution in [3.8, 4) is 10.7 Å². The van der Waals surface area contributed by atoms with E-state index in [1.807, 2.05) is 30.6 Å². The standard InChI is InChI=1S/C13H12N2S.H2/c1-9(10-5-6-10)12-8-15-13(16-12)11-4-2-3-7-14-11;/h2-5,7-9H,6H2,1H3;1H. The average Bonchev–Trinajstić information content (AvgIpc) is 3.07. The molecule has 1 aliphatic carbocycles. The monoisotopic (exact) mass is 230 g/mol. The van der Waals surface area contributed by atoms with Gasteiger partial charge in [-0.15, -0.1) is 11.3 Å². The highest BCUT2D eigenvalue weighted by Gasteiger charge is 2.20. The molecule has 0 saturated carbocycles. The Morgan fingerprint density at radius 3 is 2.94 bits per heavy atom. The topological polar surface area (TPSA) is 25.8 Å². The molecule has 0 N–H and O–H groups in total. The third kappa shape index (κ3) is 1.78. The Bertz CT molecular complexity index is 533. The van der Waals surface area contributed by atoms with Gasteiger partial charge in [-0.3, -0.25) is 4.98 Å². The first kappa shape index (κ1) is 9.73. The molecule has 2 nitrogen and oxygen atoms in total. The summed E-state index contributed by atoms with van der Waals surface area (Å²) in [4.78, 5) is 10.1. The van der Waals surface area contributed by atoms with E-state index >= 15 is 0 Å². The van der Waals surface area contributed by atoms with E-state index in [0.717, 1.165) is 10.7 Å². The van der Waals surface area contributed by atoms with Gasteiger partial charge >= 0.3 is 0 Å². The van der Waals surface area contributed by atoms with E-state index in [0.29, 0.717) is 5.92 Å². The van der Waals surface area contributed by atoms with Crippen LogP contribution in [0.2, 0.25) is 0 Å². The van der Waals surface area contributed by atoms with E-state index in [2.05, 4.69) is 23.0 Å². The first-order valence-corrected chi connectivity index (χ1v) is 6.22. The molecule has 2 aromatic rings. The molecule has 0 bridgehead atoms. The predicted molar refractivity (Wildman–Crippen MR) is 68.6 cm³/mol. The van der Waals surface area contributed by atoms with E-state index in [9.17, 15) is 0 Å². The van der Waals surface area contributed by atoms with Crippen molar-refractivity contribution in [1.29, 1.82) is 0 Å². The highest BCUT2D eigenvalue weighted by molar-refractivity contribution is 7.15. The van der Waals surface area contributed by atoms with Gasteiger partial charge in [0.05, 0.1) is 5.69 Å². The Morgan fingerprint density at radius 2 is 2.25 bits per heavy atom. The Morgan fingerprint density at radius 1 is 1.38 bits per heavy atom. The molecule has 16 heavy (non-hydrogen) atoms. The molecular weight excluding hydrogens is 216 g/mol. The van der Waals surface area contributed by atoms with E-state index < -0.39 is 0 Å². The predicted octanol–water partition coefficient (Wildman–Crippen LogP) is 3.88. The van der Waals surface area contributed by atoms with Gasteiger partial charge in [0, 0.05) is 24.6 Å². The van der Waals surface area contributed by atoms with Crippen LogP contribution in [0.5, 0.6) is 0 Å². The number of hydrogen-bond acceptors (Lipinski definition) is 3. The summed E-state index contributed by atoms with van der Waals surface area (Å²) in [6.07, 6.45) is 7.25. The molecule has 3 rings (SSSR count).